The van der Waals surface area contributed by atoms with Crippen molar-refractivity contribution in [2.45, 2.75) is 162 Å². The maximum atomic E-state index is 13.3. The largest absolute Gasteiger partial charge is 0.465 e. The minimum absolute atomic E-state index is 0.0345. The summed E-state index contributed by atoms with van der Waals surface area (Å²) in [6, 6.07) is 6.58. The minimum atomic E-state index is -0.150. The number of ketones is 1. The van der Waals surface area contributed by atoms with E-state index in [0.29, 0.717) is 25.4 Å². The molecule has 2 aliphatic carbocycles. The summed E-state index contributed by atoms with van der Waals surface area (Å²) in [5.74, 6) is 0.837. The molecule has 3 heteroatoms. The molecule has 0 radical (unpaired) electrons. The summed E-state index contributed by atoms with van der Waals surface area (Å²) in [6.45, 7) is 11.7. The average Bonchev–Trinajstić information content (AvgIpc) is 2.91. The second-order valence-electron chi connectivity index (χ2n) is 13.7. The first kappa shape index (κ1) is 31.9. The summed E-state index contributed by atoms with van der Waals surface area (Å²) in [4.78, 5) is 26.0. The fraction of sp³-hybridized carbons (Fsp3) is 0.778. The van der Waals surface area contributed by atoms with E-state index in [4.69, 9.17) is 4.74 Å². The fourth-order valence-electron chi connectivity index (χ4n) is 7.49. The van der Waals surface area contributed by atoms with Crippen molar-refractivity contribution in [3.8, 4) is 0 Å². The number of ether oxygens (including phenoxy) is 1. The smallest absolute Gasteiger partial charge is 0.305 e. The van der Waals surface area contributed by atoms with Crippen molar-refractivity contribution in [1.82, 2.24) is 0 Å². The Morgan fingerprint density at radius 2 is 1.49 bits per heavy atom. The zero-order valence-electron chi connectivity index (χ0n) is 26.0. The number of fused-ring (bicyclic) bond motifs is 3. The highest BCUT2D eigenvalue weighted by Gasteiger charge is 2.54. The van der Waals surface area contributed by atoms with Gasteiger partial charge in [0.15, 0.2) is 5.78 Å². The summed E-state index contributed by atoms with van der Waals surface area (Å²) in [6.07, 6.45) is 21.3. The Labute approximate surface area is 240 Å². The number of benzene rings is 1. The van der Waals surface area contributed by atoms with Crippen LogP contribution in [0, 0.1) is 11.3 Å². The first-order chi connectivity index (χ1) is 18.7. The molecule has 1 aromatic carbocycles. The number of hydrogen-bond acceptors (Lipinski definition) is 3. The maximum Gasteiger partial charge on any atom is 0.305 e. The Kier molecular flexibility index (Phi) is 12.6. The number of rotatable bonds is 17. The summed E-state index contributed by atoms with van der Waals surface area (Å²) < 4.78 is 5.91. The van der Waals surface area contributed by atoms with E-state index < -0.39 is 0 Å². The van der Waals surface area contributed by atoms with Crippen LogP contribution < -0.4 is 0 Å². The Morgan fingerprint density at radius 3 is 2.08 bits per heavy atom. The molecule has 0 aliphatic heterocycles. The molecule has 2 aliphatic rings. The molecule has 3 nitrogen and oxygen atoms in total. The second-order valence-corrected chi connectivity index (χ2v) is 13.7. The fourth-order valence-corrected chi connectivity index (χ4v) is 7.49. The summed E-state index contributed by atoms with van der Waals surface area (Å²) in [5, 5.41) is 0. The van der Waals surface area contributed by atoms with E-state index in [2.05, 4.69) is 52.8 Å². The third-order valence-electron chi connectivity index (χ3n) is 10.1. The topological polar surface area (TPSA) is 43.4 Å². The maximum absolute atomic E-state index is 13.3. The van der Waals surface area contributed by atoms with Crippen LogP contribution in [0.3, 0.4) is 0 Å². The SMILES string of the molecule is CCCCCCCCCCCCCCCC(=O)OC[C@]1(C)CCC[C@]2(C)c3ccc(C(C)C)cc3C(=O)C[C@@H]12. The van der Waals surface area contributed by atoms with Crippen LogP contribution in [0.2, 0.25) is 0 Å². The van der Waals surface area contributed by atoms with Crippen molar-refractivity contribution in [3.63, 3.8) is 0 Å². The third kappa shape index (κ3) is 8.67. The molecule has 0 saturated heterocycles. The van der Waals surface area contributed by atoms with Crippen LogP contribution in [0.1, 0.15) is 178 Å². The summed E-state index contributed by atoms with van der Waals surface area (Å²) >= 11 is 0. The van der Waals surface area contributed by atoms with Gasteiger partial charge in [0.1, 0.15) is 0 Å². The van der Waals surface area contributed by atoms with Crippen LogP contribution in [0.25, 0.3) is 0 Å². The Morgan fingerprint density at radius 1 is 0.897 bits per heavy atom. The molecule has 0 aromatic heterocycles. The van der Waals surface area contributed by atoms with Crippen molar-refractivity contribution in [2.24, 2.45) is 11.3 Å². The third-order valence-corrected chi connectivity index (χ3v) is 10.1. The van der Waals surface area contributed by atoms with Gasteiger partial charge in [-0.2, -0.15) is 0 Å². The van der Waals surface area contributed by atoms with Crippen LogP contribution in [0.4, 0.5) is 0 Å². The molecular weight excluding hydrogens is 480 g/mol. The van der Waals surface area contributed by atoms with Crippen molar-refractivity contribution in [1.29, 1.82) is 0 Å². The van der Waals surface area contributed by atoms with Gasteiger partial charge in [-0.05, 0) is 53.7 Å². The van der Waals surface area contributed by atoms with E-state index >= 15 is 0 Å². The van der Waals surface area contributed by atoms with Crippen LogP contribution in [-0.4, -0.2) is 18.4 Å². The van der Waals surface area contributed by atoms with Crippen LogP contribution >= 0.6 is 0 Å². The van der Waals surface area contributed by atoms with Gasteiger partial charge in [-0.25, -0.2) is 0 Å². The molecule has 0 heterocycles. The lowest BCUT2D eigenvalue weighted by atomic mass is 9.49. The van der Waals surface area contributed by atoms with Gasteiger partial charge in [0.05, 0.1) is 6.61 Å². The Hall–Kier alpha value is -1.64. The Balaban J connectivity index is 1.38. The summed E-state index contributed by atoms with van der Waals surface area (Å²) in [5.41, 5.74) is 3.21. The van der Waals surface area contributed by atoms with Crippen molar-refractivity contribution in [2.75, 3.05) is 6.61 Å². The first-order valence-electron chi connectivity index (χ1n) is 16.5. The van der Waals surface area contributed by atoms with Gasteiger partial charge < -0.3 is 4.74 Å². The number of unbranched alkanes of at least 4 members (excludes halogenated alkanes) is 12. The molecule has 0 N–H and O–H groups in total. The number of Topliss-reactive ketones (excluding diaryl/α,β-unsaturated/α-hetero) is 1. The van der Waals surface area contributed by atoms with Gasteiger partial charge in [-0.15, -0.1) is 0 Å². The lowest BCUT2D eigenvalue weighted by molar-refractivity contribution is -0.150. The number of carbonyl (C=O) groups is 2. The number of esters is 1. The minimum Gasteiger partial charge on any atom is -0.465 e. The van der Waals surface area contributed by atoms with E-state index in [1.165, 1.54) is 81.8 Å². The lowest BCUT2D eigenvalue weighted by Crippen LogP contribution is -2.52. The van der Waals surface area contributed by atoms with Gasteiger partial charge in [0.2, 0.25) is 0 Å². The molecule has 3 atom stereocenters. The molecule has 0 amide bonds. The monoisotopic (exact) mass is 538 g/mol. The average molecular weight is 539 g/mol. The molecule has 39 heavy (non-hydrogen) atoms. The quantitative estimate of drug-likeness (QED) is 0.146. The molecule has 0 unspecified atom stereocenters. The lowest BCUT2D eigenvalue weighted by Gasteiger charge is -2.54. The summed E-state index contributed by atoms with van der Waals surface area (Å²) in [7, 11) is 0. The second kappa shape index (κ2) is 15.4. The van der Waals surface area contributed by atoms with Gasteiger partial charge in [-0.3, -0.25) is 9.59 Å². The van der Waals surface area contributed by atoms with Gasteiger partial charge in [0, 0.05) is 23.8 Å². The predicted octanol–water partition coefficient (Wildman–Crippen LogP) is 10.5. The molecule has 0 spiro atoms. The Bertz CT molecular complexity index is 918. The highest BCUT2D eigenvalue weighted by atomic mass is 16.5. The van der Waals surface area contributed by atoms with Gasteiger partial charge >= 0.3 is 5.97 Å². The van der Waals surface area contributed by atoms with E-state index in [1.54, 1.807) is 0 Å². The van der Waals surface area contributed by atoms with Crippen molar-refractivity contribution in [3.05, 3.63) is 34.9 Å². The molecule has 1 aromatic rings. The van der Waals surface area contributed by atoms with E-state index in [-0.39, 0.29) is 28.5 Å². The van der Waals surface area contributed by atoms with Gasteiger partial charge in [0.25, 0.3) is 0 Å². The molecule has 1 fully saturated rings. The van der Waals surface area contributed by atoms with Crippen LogP contribution in [0.5, 0.6) is 0 Å². The van der Waals surface area contributed by atoms with Crippen molar-refractivity contribution < 1.29 is 14.3 Å². The highest BCUT2D eigenvalue weighted by molar-refractivity contribution is 5.99. The zero-order chi connectivity index (χ0) is 28.3. The predicted molar refractivity (Wildman–Crippen MR) is 164 cm³/mol. The van der Waals surface area contributed by atoms with E-state index in [9.17, 15) is 9.59 Å². The zero-order valence-corrected chi connectivity index (χ0v) is 26.0. The standard InChI is InChI=1S/C36H58O3/c1-6-7-8-9-10-11-12-13-14-15-16-17-18-20-34(38)39-27-35(4)23-19-24-36(5)31-22-21-29(28(2)3)25-30(31)32(37)26-33(35)36/h21-22,25,28,33H,6-20,23-24,26-27H2,1-5H3/t33-,35-,36+/m0/s1. The number of hydrogen-bond donors (Lipinski definition) is 0. The highest BCUT2D eigenvalue weighted by Crippen LogP contribution is 2.57. The van der Waals surface area contributed by atoms with Crippen LogP contribution in [0.15, 0.2) is 18.2 Å². The van der Waals surface area contributed by atoms with E-state index in [1.807, 2.05) is 0 Å². The molecule has 3 rings (SSSR count). The van der Waals surface area contributed by atoms with Gasteiger partial charge in [-0.1, -0.05) is 130 Å². The first-order valence-corrected chi connectivity index (χ1v) is 16.5. The molecule has 220 valence electrons. The molecule has 0 bridgehead atoms. The number of carbonyl (C=O) groups excluding carboxylic acids is 2. The van der Waals surface area contributed by atoms with Crippen molar-refractivity contribution >= 4 is 11.8 Å². The van der Waals surface area contributed by atoms with Crippen LogP contribution in [-0.2, 0) is 14.9 Å². The molecule has 1 saturated carbocycles. The van der Waals surface area contributed by atoms with E-state index in [0.717, 1.165) is 37.7 Å². The molecular formula is C36H58O3. The normalized spacial score (nSPS) is 24.5.